The summed E-state index contributed by atoms with van der Waals surface area (Å²) in [6.07, 6.45) is 1.58. The molecule has 0 aliphatic heterocycles. The SMILES string of the molecule is CCCCN(c1nc2nc(C)cc(C)n2n1)S(=O)(=O)c1ccc(C)cc1. The Bertz CT molecular complexity index is 1030. The van der Waals surface area contributed by atoms with Gasteiger partial charge in [0.05, 0.1) is 4.90 Å². The lowest BCUT2D eigenvalue weighted by atomic mass is 10.2. The molecule has 0 amide bonds. The van der Waals surface area contributed by atoms with Crippen LogP contribution < -0.4 is 4.31 Å². The summed E-state index contributed by atoms with van der Waals surface area (Å²) >= 11 is 0. The Morgan fingerprint density at radius 3 is 2.42 bits per heavy atom. The molecule has 0 N–H and O–H groups in total. The van der Waals surface area contributed by atoms with Crippen molar-refractivity contribution in [2.45, 2.75) is 45.4 Å². The van der Waals surface area contributed by atoms with Gasteiger partial charge < -0.3 is 0 Å². The van der Waals surface area contributed by atoms with Crippen LogP contribution in [0.15, 0.2) is 35.2 Å². The minimum atomic E-state index is -3.75. The van der Waals surface area contributed by atoms with E-state index < -0.39 is 10.0 Å². The lowest BCUT2D eigenvalue weighted by Gasteiger charge is -2.20. The minimum Gasteiger partial charge on any atom is -0.232 e. The van der Waals surface area contributed by atoms with E-state index in [1.807, 2.05) is 33.8 Å². The van der Waals surface area contributed by atoms with Crippen molar-refractivity contribution in [2.24, 2.45) is 0 Å². The standard InChI is InChI=1S/C18H23N5O2S/c1-5-6-11-22(26(24,25)16-9-7-13(2)8-10-16)18-20-17-19-14(3)12-15(4)23(17)21-18/h7-10,12H,5-6,11H2,1-4H3. The fourth-order valence-corrected chi connectivity index (χ4v) is 4.12. The van der Waals surface area contributed by atoms with Crippen LogP contribution >= 0.6 is 0 Å². The van der Waals surface area contributed by atoms with E-state index in [4.69, 9.17) is 0 Å². The number of fused-ring (bicyclic) bond motifs is 1. The molecule has 0 unspecified atom stereocenters. The lowest BCUT2D eigenvalue weighted by molar-refractivity contribution is 0.587. The van der Waals surface area contributed by atoms with E-state index in [0.717, 1.165) is 23.4 Å². The maximum absolute atomic E-state index is 13.2. The molecular weight excluding hydrogens is 350 g/mol. The molecule has 3 aromatic rings. The number of aryl methyl sites for hydroxylation is 3. The molecule has 0 saturated carbocycles. The number of unbranched alkanes of at least 4 members (excludes halogenated alkanes) is 1. The van der Waals surface area contributed by atoms with E-state index in [9.17, 15) is 8.42 Å². The Balaban J connectivity index is 2.11. The Hall–Kier alpha value is -2.48. The summed E-state index contributed by atoms with van der Waals surface area (Å²) in [5.74, 6) is 0.554. The first-order valence-corrected chi connectivity index (χ1v) is 10.1. The van der Waals surface area contributed by atoms with Crippen LogP contribution in [0.5, 0.6) is 0 Å². The van der Waals surface area contributed by atoms with Crippen LogP contribution in [0.2, 0.25) is 0 Å². The molecule has 3 rings (SSSR count). The molecule has 26 heavy (non-hydrogen) atoms. The molecule has 0 atom stereocenters. The van der Waals surface area contributed by atoms with Crippen molar-refractivity contribution < 1.29 is 8.42 Å². The van der Waals surface area contributed by atoms with Crippen molar-refractivity contribution in [1.82, 2.24) is 19.6 Å². The molecule has 0 saturated heterocycles. The van der Waals surface area contributed by atoms with Crippen molar-refractivity contribution in [3.05, 3.63) is 47.3 Å². The molecule has 0 bridgehead atoms. The highest BCUT2D eigenvalue weighted by Gasteiger charge is 2.28. The molecule has 0 spiro atoms. The van der Waals surface area contributed by atoms with Gasteiger partial charge in [-0.2, -0.15) is 9.50 Å². The van der Waals surface area contributed by atoms with Gasteiger partial charge in [0.25, 0.3) is 21.7 Å². The molecule has 7 nitrogen and oxygen atoms in total. The number of hydrogen-bond donors (Lipinski definition) is 0. The second kappa shape index (κ2) is 7.03. The Morgan fingerprint density at radius 2 is 1.77 bits per heavy atom. The van der Waals surface area contributed by atoms with Gasteiger partial charge in [0.15, 0.2) is 0 Å². The van der Waals surface area contributed by atoms with E-state index in [1.165, 1.54) is 4.31 Å². The van der Waals surface area contributed by atoms with Crippen molar-refractivity contribution >= 4 is 21.7 Å². The predicted molar refractivity (Wildman–Crippen MR) is 101 cm³/mol. The number of nitrogens with zero attached hydrogens (tertiary/aromatic N) is 5. The highest BCUT2D eigenvalue weighted by atomic mass is 32.2. The maximum Gasteiger partial charge on any atom is 0.266 e. The van der Waals surface area contributed by atoms with Crippen LogP contribution in [0, 0.1) is 20.8 Å². The summed E-state index contributed by atoms with van der Waals surface area (Å²) < 4.78 is 29.2. The largest absolute Gasteiger partial charge is 0.266 e. The van der Waals surface area contributed by atoms with Gasteiger partial charge >= 0.3 is 0 Å². The zero-order valence-corrected chi connectivity index (χ0v) is 16.3. The van der Waals surface area contributed by atoms with E-state index in [0.29, 0.717) is 18.7 Å². The van der Waals surface area contributed by atoms with Gasteiger partial charge in [-0.25, -0.2) is 17.7 Å². The molecule has 0 radical (unpaired) electrons. The molecular formula is C18H23N5O2S. The van der Waals surface area contributed by atoms with Crippen molar-refractivity contribution in [3.8, 4) is 0 Å². The minimum absolute atomic E-state index is 0.153. The third-order valence-electron chi connectivity index (χ3n) is 4.15. The van der Waals surface area contributed by atoms with Gasteiger partial charge in [-0.15, -0.1) is 5.10 Å². The van der Waals surface area contributed by atoms with Gasteiger partial charge in [-0.1, -0.05) is 31.0 Å². The Kier molecular flexibility index (Phi) is 4.95. The molecule has 0 aliphatic carbocycles. The van der Waals surface area contributed by atoms with Crippen LogP contribution in [-0.4, -0.2) is 34.5 Å². The second-order valence-electron chi connectivity index (χ2n) is 6.41. The third-order valence-corrected chi connectivity index (χ3v) is 5.95. The monoisotopic (exact) mass is 373 g/mol. The van der Waals surface area contributed by atoms with Crippen molar-refractivity contribution in [3.63, 3.8) is 0 Å². The number of benzene rings is 1. The Labute approximate surface area is 153 Å². The zero-order chi connectivity index (χ0) is 18.9. The maximum atomic E-state index is 13.2. The number of rotatable bonds is 6. The zero-order valence-electron chi connectivity index (χ0n) is 15.5. The van der Waals surface area contributed by atoms with Crippen LogP contribution in [0.4, 0.5) is 5.95 Å². The van der Waals surface area contributed by atoms with Crippen molar-refractivity contribution in [2.75, 3.05) is 10.8 Å². The molecule has 138 valence electrons. The van der Waals surface area contributed by atoms with Crippen LogP contribution in [0.25, 0.3) is 5.78 Å². The topological polar surface area (TPSA) is 80.5 Å². The van der Waals surface area contributed by atoms with E-state index in [-0.39, 0.29) is 10.8 Å². The van der Waals surface area contributed by atoms with Crippen LogP contribution in [0.1, 0.15) is 36.7 Å². The molecule has 8 heteroatoms. The van der Waals surface area contributed by atoms with Gasteiger partial charge in [0.2, 0.25) is 0 Å². The fourth-order valence-electron chi connectivity index (χ4n) is 2.73. The number of sulfonamides is 1. The average Bonchev–Trinajstić information content (AvgIpc) is 2.99. The van der Waals surface area contributed by atoms with Crippen LogP contribution in [0.3, 0.4) is 0 Å². The predicted octanol–water partition coefficient (Wildman–Crippen LogP) is 3.04. The van der Waals surface area contributed by atoms with Crippen molar-refractivity contribution in [1.29, 1.82) is 0 Å². The van der Waals surface area contributed by atoms with Gasteiger partial charge in [0.1, 0.15) is 0 Å². The number of anilines is 1. The summed E-state index contributed by atoms with van der Waals surface area (Å²) in [6.45, 7) is 8.03. The summed E-state index contributed by atoms with van der Waals surface area (Å²) in [7, 11) is -3.75. The fraction of sp³-hybridized carbons (Fsp3) is 0.389. The molecule has 0 fully saturated rings. The first-order valence-electron chi connectivity index (χ1n) is 8.63. The van der Waals surface area contributed by atoms with Gasteiger partial charge in [-0.3, -0.25) is 0 Å². The smallest absolute Gasteiger partial charge is 0.232 e. The number of hydrogen-bond acceptors (Lipinski definition) is 5. The highest BCUT2D eigenvalue weighted by molar-refractivity contribution is 7.92. The molecule has 1 aromatic carbocycles. The summed E-state index contributed by atoms with van der Waals surface area (Å²) in [4.78, 5) is 8.97. The summed E-state index contributed by atoms with van der Waals surface area (Å²) in [5, 5.41) is 4.41. The third kappa shape index (κ3) is 3.41. The van der Waals surface area contributed by atoms with Gasteiger partial charge in [0, 0.05) is 17.9 Å². The first kappa shape index (κ1) is 18.3. The molecule has 2 aromatic heterocycles. The van der Waals surface area contributed by atoms with Crippen LogP contribution in [-0.2, 0) is 10.0 Å². The second-order valence-corrected chi connectivity index (χ2v) is 8.27. The first-order chi connectivity index (χ1) is 12.3. The van der Waals surface area contributed by atoms with E-state index in [1.54, 1.807) is 28.8 Å². The number of aromatic nitrogens is 4. The van der Waals surface area contributed by atoms with Gasteiger partial charge in [-0.05, 0) is 45.4 Å². The quantitative estimate of drug-likeness (QED) is 0.663. The Morgan fingerprint density at radius 1 is 1.08 bits per heavy atom. The molecule has 0 aliphatic rings. The normalized spacial score (nSPS) is 11.8. The van der Waals surface area contributed by atoms with E-state index in [2.05, 4.69) is 15.1 Å². The van der Waals surface area contributed by atoms with E-state index >= 15 is 0 Å². The lowest BCUT2D eigenvalue weighted by Crippen LogP contribution is -2.33. The summed E-state index contributed by atoms with van der Waals surface area (Å²) in [6, 6.07) is 8.70. The molecule has 2 heterocycles. The average molecular weight is 373 g/mol. The highest BCUT2D eigenvalue weighted by Crippen LogP contribution is 2.22. The summed E-state index contributed by atoms with van der Waals surface area (Å²) in [5.41, 5.74) is 2.68.